The lowest BCUT2D eigenvalue weighted by Crippen LogP contribution is -2.37. The molecule has 0 spiro atoms. The van der Waals surface area contributed by atoms with E-state index in [9.17, 15) is 0 Å². The lowest BCUT2D eigenvalue weighted by atomic mass is 9.97. The zero-order valence-corrected chi connectivity index (χ0v) is 10.2. The molecule has 0 radical (unpaired) electrons. The second kappa shape index (κ2) is 5.28. The predicted molar refractivity (Wildman–Crippen MR) is 64.1 cm³/mol. The zero-order valence-electron chi connectivity index (χ0n) is 10.2. The highest BCUT2D eigenvalue weighted by Gasteiger charge is 2.25. The van der Waals surface area contributed by atoms with Crippen molar-refractivity contribution in [3.63, 3.8) is 0 Å². The molecule has 0 bridgehead atoms. The van der Waals surface area contributed by atoms with Crippen molar-refractivity contribution in [2.45, 2.75) is 25.3 Å². The van der Waals surface area contributed by atoms with Crippen LogP contribution in [0.5, 0.6) is 0 Å². The van der Waals surface area contributed by atoms with Crippen LogP contribution >= 0.6 is 0 Å². The molecule has 0 aromatic rings. The van der Waals surface area contributed by atoms with Gasteiger partial charge < -0.3 is 15.1 Å². The van der Waals surface area contributed by atoms with E-state index in [0.717, 1.165) is 12.0 Å². The molecule has 2 heterocycles. The van der Waals surface area contributed by atoms with Crippen molar-refractivity contribution in [2.75, 3.05) is 46.8 Å². The van der Waals surface area contributed by atoms with Crippen LogP contribution in [-0.2, 0) is 0 Å². The zero-order chi connectivity index (χ0) is 10.7. The number of likely N-dealkylation sites (tertiary alicyclic amines) is 2. The lowest BCUT2D eigenvalue weighted by Gasteiger charge is -2.31. The quantitative estimate of drug-likeness (QED) is 0.738. The Hall–Kier alpha value is -0.120. The summed E-state index contributed by atoms with van der Waals surface area (Å²) in [4.78, 5) is 5.11. The number of nitrogens with zero attached hydrogens (tertiary/aromatic N) is 2. The molecule has 2 aliphatic heterocycles. The molecule has 2 fully saturated rings. The molecule has 0 saturated carbocycles. The lowest BCUT2D eigenvalue weighted by molar-refractivity contribution is 0.175. The molecule has 0 aliphatic carbocycles. The number of nitrogens with one attached hydrogen (secondary N) is 1. The van der Waals surface area contributed by atoms with Gasteiger partial charge in [-0.2, -0.15) is 0 Å². The van der Waals surface area contributed by atoms with Crippen molar-refractivity contribution in [1.82, 2.24) is 15.1 Å². The van der Waals surface area contributed by atoms with Gasteiger partial charge >= 0.3 is 0 Å². The van der Waals surface area contributed by atoms with Gasteiger partial charge in [-0.25, -0.2) is 0 Å². The van der Waals surface area contributed by atoms with E-state index < -0.39 is 0 Å². The minimum atomic E-state index is 0.747. The number of piperidine rings is 1. The topological polar surface area (TPSA) is 18.5 Å². The Morgan fingerprint density at radius 3 is 2.47 bits per heavy atom. The number of hydrogen-bond acceptors (Lipinski definition) is 3. The summed E-state index contributed by atoms with van der Waals surface area (Å²) in [5.41, 5.74) is 0. The van der Waals surface area contributed by atoms with Crippen molar-refractivity contribution in [1.29, 1.82) is 0 Å². The molecule has 1 unspecified atom stereocenters. The third kappa shape index (κ3) is 3.16. The van der Waals surface area contributed by atoms with Crippen LogP contribution in [0.4, 0.5) is 0 Å². The highest BCUT2D eigenvalue weighted by molar-refractivity contribution is 4.82. The van der Waals surface area contributed by atoms with Gasteiger partial charge in [0.15, 0.2) is 0 Å². The van der Waals surface area contributed by atoms with Crippen molar-refractivity contribution in [2.24, 2.45) is 5.92 Å². The fourth-order valence-electron chi connectivity index (χ4n) is 2.84. The van der Waals surface area contributed by atoms with Crippen LogP contribution in [0, 0.1) is 5.92 Å². The molecule has 2 saturated heterocycles. The Labute approximate surface area is 93.8 Å². The van der Waals surface area contributed by atoms with Crippen LogP contribution in [0.2, 0.25) is 0 Å². The molecule has 2 aliphatic rings. The average molecular weight is 211 g/mol. The van der Waals surface area contributed by atoms with Crippen molar-refractivity contribution >= 4 is 0 Å². The van der Waals surface area contributed by atoms with E-state index in [4.69, 9.17) is 0 Å². The molecule has 88 valence electrons. The first-order chi connectivity index (χ1) is 7.28. The van der Waals surface area contributed by atoms with Crippen LogP contribution in [0.25, 0.3) is 0 Å². The smallest absolute Gasteiger partial charge is 0.0204 e. The van der Waals surface area contributed by atoms with Gasteiger partial charge in [0.2, 0.25) is 0 Å². The number of hydrogen-bond donors (Lipinski definition) is 1. The minimum absolute atomic E-state index is 0.747. The van der Waals surface area contributed by atoms with Crippen molar-refractivity contribution in [3.05, 3.63) is 0 Å². The number of likely N-dealkylation sites (N-methyl/N-ethyl adjacent to an activating group) is 1. The van der Waals surface area contributed by atoms with Gasteiger partial charge in [0.05, 0.1) is 0 Å². The third-order valence-electron chi connectivity index (χ3n) is 4.04. The normalized spacial score (nSPS) is 31.2. The molecule has 15 heavy (non-hydrogen) atoms. The Kier molecular flexibility index (Phi) is 4.00. The summed E-state index contributed by atoms with van der Waals surface area (Å²) in [6.45, 7) is 6.51. The molecule has 0 aromatic heterocycles. The van der Waals surface area contributed by atoms with Crippen LogP contribution in [0.3, 0.4) is 0 Å². The van der Waals surface area contributed by atoms with Crippen LogP contribution in [0.15, 0.2) is 0 Å². The Morgan fingerprint density at radius 2 is 1.87 bits per heavy atom. The minimum Gasteiger partial charge on any atom is -0.316 e. The summed E-state index contributed by atoms with van der Waals surface area (Å²) in [5, 5.41) is 3.39. The summed E-state index contributed by atoms with van der Waals surface area (Å²) >= 11 is 0. The van der Waals surface area contributed by atoms with Crippen LogP contribution in [-0.4, -0.2) is 62.7 Å². The summed E-state index contributed by atoms with van der Waals surface area (Å²) in [7, 11) is 4.33. The van der Waals surface area contributed by atoms with E-state index in [0.29, 0.717) is 0 Å². The van der Waals surface area contributed by atoms with Gasteiger partial charge in [0.25, 0.3) is 0 Å². The molecule has 1 atom stereocenters. The largest absolute Gasteiger partial charge is 0.316 e. The summed E-state index contributed by atoms with van der Waals surface area (Å²) < 4.78 is 0. The Balaban J connectivity index is 1.69. The molecule has 1 N–H and O–H groups in total. The predicted octanol–water partition coefficient (Wildman–Crippen LogP) is 0.622. The van der Waals surface area contributed by atoms with Crippen LogP contribution in [0.1, 0.15) is 19.3 Å². The standard InChI is InChI=1S/C12H25N3/c1-13-12-5-8-15(10-12)9-11-3-6-14(2)7-4-11/h11-13H,3-10H2,1-2H3. The van der Waals surface area contributed by atoms with Gasteiger partial charge in [0.1, 0.15) is 0 Å². The Morgan fingerprint density at radius 1 is 1.13 bits per heavy atom. The molecule has 0 amide bonds. The van der Waals surface area contributed by atoms with Gasteiger partial charge in [-0.05, 0) is 58.9 Å². The maximum Gasteiger partial charge on any atom is 0.0204 e. The van der Waals surface area contributed by atoms with E-state index in [2.05, 4.69) is 29.2 Å². The van der Waals surface area contributed by atoms with Gasteiger partial charge in [-0.3, -0.25) is 0 Å². The summed E-state index contributed by atoms with van der Waals surface area (Å²) in [6.07, 6.45) is 4.14. The first-order valence-electron chi connectivity index (χ1n) is 6.36. The van der Waals surface area contributed by atoms with Crippen LogP contribution < -0.4 is 5.32 Å². The van der Waals surface area contributed by atoms with Gasteiger partial charge in [0, 0.05) is 19.1 Å². The average Bonchev–Trinajstić information content (AvgIpc) is 2.69. The highest BCUT2D eigenvalue weighted by Crippen LogP contribution is 2.19. The van der Waals surface area contributed by atoms with Gasteiger partial charge in [-0.15, -0.1) is 0 Å². The third-order valence-corrected chi connectivity index (χ3v) is 4.04. The Bertz CT molecular complexity index is 187. The van der Waals surface area contributed by atoms with Crippen molar-refractivity contribution < 1.29 is 0 Å². The second-order valence-corrected chi connectivity index (χ2v) is 5.28. The molecule has 0 aromatic carbocycles. The molecule has 3 nitrogen and oxygen atoms in total. The highest BCUT2D eigenvalue weighted by atomic mass is 15.2. The van der Waals surface area contributed by atoms with E-state index in [1.165, 1.54) is 52.0 Å². The SMILES string of the molecule is CNC1CCN(CC2CCN(C)CC2)C1. The first kappa shape index (κ1) is 11.4. The molecule has 2 rings (SSSR count). The summed E-state index contributed by atoms with van der Waals surface area (Å²) in [5.74, 6) is 0.955. The first-order valence-corrected chi connectivity index (χ1v) is 6.36. The monoisotopic (exact) mass is 211 g/mol. The van der Waals surface area contributed by atoms with Gasteiger partial charge in [-0.1, -0.05) is 0 Å². The molecule has 3 heteroatoms. The maximum absolute atomic E-state index is 3.39. The second-order valence-electron chi connectivity index (χ2n) is 5.28. The van der Waals surface area contributed by atoms with E-state index in [-0.39, 0.29) is 0 Å². The summed E-state index contributed by atoms with van der Waals surface area (Å²) in [6, 6.07) is 0.747. The molecular formula is C12H25N3. The van der Waals surface area contributed by atoms with E-state index >= 15 is 0 Å². The maximum atomic E-state index is 3.39. The fraction of sp³-hybridized carbons (Fsp3) is 1.00. The van der Waals surface area contributed by atoms with E-state index in [1.54, 1.807) is 0 Å². The van der Waals surface area contributed by atoms with Crippen molar-refractivity contribution in [3.8, 4) is 0 Å². The fourth-order valence-corrected chi connectivity index (χ4v) is 2.84. The molecular weight excluding hydrogens is 186 g/mol. The van der Waals surface area contributed by atoms with E-state index in [1.807, 2.05) is 0 Å². The number of rotatable bonds is 3.